The maximum Gasteiger partial charge on any atom is 0.178 e. The average molecular weight is 431 g/mol. The average Bonchev–Trinajstić information content (AvgIpc) is 3.17. The van der Waals surface area contributed by atoms with Gasteiger partial charge in [0.2, 0.25) is 0 Å². The van der Waals surface area contributed by atoms with Gasteiger partial charge in [0.15, 0.2) is 17.3 Å². The van der Waals surface area contributed by atoms with Crippen LogP contribution in [0, 0.1) is 0 Å². The molecule has 30 heavy (non-hydrogen) atoms. The van der Waals surface area contributed by atoms with Crippen LogP contribution in [0.1, 0.15) is 34.3 Å². The number of ketones is 1. The first kappa shape index (κ1) is 20.4. The fourth-order valence-electron chi connectivity index (χ4n) is 4.34. The Labute approximate surface area is 181 Å². The molecular formula is C23H23ClO6. The highest BCUT2D eigenvalue weighted by atomic mass is 35.5. The second kappa shape index (κ2) is 7.43. The Bertz CT molecular complexity index is 1050. The van der Waals surface area contributed by atoms with Crippen LogP contribution in [0.3, 0.4) is 0 Å². The van der Waals surface area contributed by atoms with Gasteiger partial charge in [0.05, 0.1) is 25.7 Å². The van der Waals surface area contributed by atoms with E-state index in [1.165, 1.54) is 0 Å². The third-order valence-corrected chi connectivity index (χ3v) is 5.87. The lowest BCUT2D eigenvalue weighted by Gasteiger charge is -2.37. The van der Waals surface area contributed by atoms with Crippen LogP contribution >= 0.6 is 12.4 Å². The molecular weight excluding hydrogens is 408 g/mol. The number of rotatable bonds is 3. The Morgan fingerprint density at radius 2 is 1.83 bits per heavy atom. The molecule has 0 saturated heterocycles. The molecule has 3 aliphatic rings. The molecule has 2 aromatic rings. The molecule has 0 fully saturated rings. The quantitative estimate of drug-likeness (QED) is 0.682. The van der Waals surface area contributed by atoms with Crippen molar-refractivity contribution in [2.75, 3.05) is 20.8 Å². The van der Waals surface area contributed by atoms with Crippen molar-refractivity contribution >= 4 is 18.2 Å². The lowest BCUT2D eigenvalue weighted by molar-refractivity contribution is 0.0554. The van der Waals surface area contributed by atoms with E-state index in [0.717, 1.165) is 22.4 Å². The minimum absolute atomic E-state index is 0. The minimum atomic E-state index is -0.455. The van der Waals surface area contributed by atoms with Crippen LogP contribution in [-0.4, -0.2) is 38.8 Å². The maximum atomic E-state index is 13.5. The van der Waals surface area contributed by atoms with Gasteiger partial charge in [-0.2, -0.15) is 0 Å². The van der Waals surface area contributed by atoms with Crippen LogP contribution < -0.4 is 23.7 Å². The molecule has 0 aromatic heterocycles. The van der Waals surface area contributed by atoms with E-state index in [1.807, 2.05) is 19.1 Å². The van der Waals surface area contributed by atoms with Gasteiger partial charge in [0.1, 0.15) is 36.1 Å². The molecule has 0 radical (unpaired) electrons. The number of fused-ring (bicyclic) bond motifs is 6. The van der Waals surface area contributed by atoms with Crippen molar-refractivity contribution in [3.63, 3.8) is 0 Å². The summed E-state index contributed by atoms with van der Waals surface area (Å²) in [5.41, 5.74) is 3.22. The molecule has 0 spiro atoms. The number of carbonyl (C=O) groups excluding carboxylic acids is 1. The van der Waals surface area contributed by atoms with Gasteiger partial charge < -0.3 is 23.7 Å². The smallest absolute Gasteiger partial charge is 0.178 e. The monoisotopic (exact) mass is 430 g/mol. The molecule has 0 unspecified atom stereocenters. The van der Waals surface area contributed by atoms with Crippen LogP contribution in [-0.2, 0) is 6.42 Å². The van der Waals surface area contributed by atoms with Crippen LogP contribution in [0.25, 0.3) is 0 Å². The van der Waals surface area contributed by atoms with E-state index in [9.17, 15) is 4.79 Å². The van der Waals surface area contributed by atoms with E-state index in [0.29, 0.717) is 35.0 Å². The van der Waals surface area contributed by atoms with Gasteiger partial charge >= 0.3 is 0 Å². The number of Topliss-reactive ketones (excluding diaryl/α,β-unsaturated/α-hetero) is 1. The Morgan fingerprint density at radius 1 is 1.10 bits per heavy atom. The zero-order valence-electron chi connectivity index (χ0n) is 17.0. The second-order valence-corrected chi connectivity index (χ2v) is 7.63. The van der Waals surface area contributed by atoms with Crippen molar-refractivity contribution in [3.8, 4) is 28.7 Å². The molecule has 3 aliphatic heterocycles. The largest absolute Gasteiger partial charge is 0.493 e. The molecule has 2 aromatic carbocycles. The molecule has 6 nitrogen and oxygen atoms in total. The molecule has 0 N–H and O–H groups in total. The number of halogens is 1. The summed E-state index contributed by atoms with van der Waals surface area (Å²) in [6, 6.07) is 7.23. The lowest BCUT2D eigenvalue weighted by Crippen LogP contribution is -2.43. The lowest BCUT2D eigenvalue weighted by atomic mass is 9.81. The third kappa shape index (κ3) is 2.89. The summed E-state index contributed by atoms with van der Waals surface area (Å²) in [4.78, 5) is 13.5. The number of carbonyl (C=O) groups is 1. The summed E-state index contributed by atoms with van der Waals surface area (Å²) in [7, 11) is 3.14. The van der Waals surface area contributed by atoms with Crippen molar-refractivity contribution < 1.29 is 28.5 Å². The zero-order chi connectivity index (χ0) is 20.3. The molecule has 0 aliphatic carbocycles. The molecule has 0 amide bonds. The summed E-state index contributed by atoms with van der Waals surface area (Å²) < 4.78 is 29.0. The molecule has 0 saturated carbocycles. The standard InChI is InChI=1S/C23H22O6.ClH/c1-11(2)16-8-14-15(28-16)6-5-12-22(24)21-13-7-18(25-3)19(26-4)9-17(13)27-10-20(21)29-23(12)14;/h5-7,9,16,20-21H,1,8,10H2,2-4H3;1H/t16-,20-,21+;/m1./s1. The van der Waals surface area contributed by atoms with Crippen molar-refractivity contribution in [1.82, 2.24) is 0 Å². The Hall–Kier alpha value is -2.86. The summed E-state index contributed by atoms with van der Waals surface area (Å²) in [6.07, 6.45) is 0.157. The fourth-order valence-corrected chi connectivity index (χ4v) is 4.34. The number of hydrogen-bond acceptors (Lipinski definition) is 6. The first-order valence-corrected chi connectivity index (χ1v) is 9.59. The second-order valence-electron chi connectivity index (χ2n) is 7.63. The number of hydrogen-bond donors (Lipinski definition) is 0. The van der Waals surface area contributed by atoms with Crippen LogP contribution in [0.2, 0.25) is 0 Å². The highest BCUT2D eigenvalue weighted by molar-refractivity contribution is 6.06. The van der Waals surface area contributed by atoms with Crippen molar-refractivity contribution in [2.45, 2.75) is 31.5 Å². The molecule has 0 bridgehead atoms. The van der Waals surface area contributed by atoms with Gasteiger partial charge in [-0.1, -0.05) is 6.58 Å². The molecule has 5 rings (SSSR count). The van der Waals surface area contributed by atoms with Gasteiger partial charge in [0, 0.05) is 23.6 Å². The van der Waals surface area contributed by atoms with Crippen LogP contribution in [0.4, 0.5) is 0 Å². The number of ether oxygens (including phenoxy) is 5. The van der Waals surface area contributed by atoms with E-state index in [4.69, 9.17) is 23.7 Å². The van der Waals surface area contributed by atoms with Gasteiger partial charge in [0.25, 0.3) is 0 Å². The molecule has 3 heterocycles. The van der Waals surface area contributed by atoms with Gasteiger partial charge in [-0.25, -0.2) is 0 Å². The van der Waals surface area contributed by atoms with E-state index < -0.39 is 12.0 Å². The predicted octanol–water partition coefficient (Wildman–Crippen LogP) is 4.13. The van der Waals surface area contributed by atoms with Crippen LogP contribution in [0.15, 0.2) is 36.4 Å². The zero-order valence-corrected chi connectivity index (χ0v) is 17.8. The topological polar surface area (TPSA) is 63.2 Å². The Balaban J connectivity index is 0.00000218. The molecule has 7 heteroatoms. The van der Waals surface area contributed by atoms with Crippen LogP contribution in [0.5, 0.6) is 28.7 Å². The van der Waals surface area contributed by atoms with E-state index in [2.05, 4.69) is 6.58 Å². The SMILES string of the molecule is C=C(C)[C@H]1Cc2c(ccc3c2O[C@@H]2COc4cc(OC)c(OC)cc4[C@@H]2C3=O)O1.Cl. The van der Waals surface area contributed by atoms with E-state index in [1.54, 1.807) is 26.4 Å². The highest BCUT2D eigenvalue weighted by Gasteiger charge is 2.45. The van der Waals surface area contributed by atoms with Crippen molar-refractivity contribution in [3.05, 3.63) is 53.1 Å². The predicted molar refractivity (Wildman–Crippen MR) is 113 cm³/mol. The highest BCUT2D eigenvalue weighted by Crippen LogP contribution is 2.49. The Morgan fingerprint density at radius 3 is 2.53 bits per heavy atom. The summed E-state index contributed by atoms with van der Waals surface area (Å²) >= 11 is 0. The maximum absolute atomic E-state index is 13.5. The van der Waals surface area contributed by atoms with E-state index >= 15 is 0 Å². The van der Waals surface area contributed by atoms with Crippen molar-refractivity contribution in [1.29, 1.82) is 0 Å². The van der Waals surface area contributed by atoms with Gasteiger partial charge in [-0.15, -0.1) is 12.4 Å². The minimum Gasteiger partial charge on any atom is -0.493 e. The normalized spacial score (nSPS) is 22.6. The first-order chi connectivity index (χ1) is 14.0. The number of benzene rings is 2. The summed E-state index contributed by atoms with van der Waals surface area (Å²) in [5, 5.41) is 0. The first-order valence-electron chi connectivity index (χ1n) is 9.59. The molecule has 3 atom stereocenters. The van der Waals surface area contributed by atoms with Gasteiger partial charge in [-0.3, -0.25) is 4.79 Å². The summed E-state index contributed by atoms with van der Waals surface area (Å²) in [6.45, 7) is 6.22. The van der Waals surface area contributed by atoms with E-state index in [-0.39, 0.29) is 30.9 Å². The summed E-state index contributed by atoms with van der Waals surface area (Å²) in [5.74, 6) is 2.68. The number of methoxy groups -OCH3 is 2. The fraction of sp³-hybridized carbons (Fsp3) is 0.348. The van der Waals surface area contributed by atoms with Crippen molar-refractivity contribution in [2.24, 2.45) is 0 Å². The van der Waals surface area contributed by atoms with Gasteiger partial charge in [-0.05, 0) is 30.7 Å². The Kier molecular flexibility index (Phi) is 5.06. The molecule has 158 valence electrons. The third-order valence-electron chi connectivity index (χ3n) is 5.87.